The number of thiophene rings is 1. The number of carbonyl (C=O) groups excluding carboxylic acids is 1. The van der Waals surface area contributed by atoms with Crippen molar-refractivity contribution < 1.29 is 4.79 Å². The Morgan fingerprint density at radius 3 is 2.80 bits per heavy atom. The van der Waals surface area contributed by atoms with Crippen LogP contribution >= 0.6 is 11.3 Å². The summed E-state index contributed by atoms with van der Waals surface area (Å²) in [6, 6.07) is 12.6. The van der Waals surface area contributed by atoms with Crippen molar-refractivity contribution in [2.24, 2.45) is 0 Å². The van der Waals surface area contributed by atoms with Gasteiger partial charge in [-0.1, -0.05) is 35.9 Å². The van der Waals surface area contributed by atoms with Crippen molar-refractivity contribution in [2.45, 2.75) is 25.8 Å². The quantitative estimate of drug-likeness (QED) is 0.848. The van der Waals surface area contributed by atoms with Crippen LogP contribution in [0.25, 0.3) is 11.6 Å². The molecule has 3 rings (SSSR count). The molecule has 3 heteroatoms. The molecule has 0 aliphatic heterocycles. The van der Waals surface area contributed by atoms with E-state index in [-0.39, 0.29) is 5.91 Å². The molecule has 1 aromatic heterocycles. The molecule has 2 nitrogen and oxygen atoms in total. The minimum absolute atomic E-state index is 0.0384. The van der Waals surface area contributed by atoms with Crippen molar-refractivity contribution in [3.63, 3.8) is 0 Å². The molecule has 0 saturated heterocycles. The maximum Gasteiger partial charge on any atom is 0.252 e. The minimum atomic E-state index is 0.0384. The van der Waals surface area contributed by atoms with Crippen LogP contribution in [0, 0.1) is 6.92 Å². The second kappa shape index (κ2) is 5.63. The molecule has 0 atom stereocenters. The SMILES string of the molecule is Cc1cccc(/C=C(/C(=O)NC2CC2)c2cccs2)c1. The van der Waals surface area contributed by atoms with Crippen LogP contribution in [0.3, 0.4) is 0 Å². The standard InChI is InChI=1S/C17H17NOS/c1-12-4-2-5-13(10-12)11-15(16-6-3-9-20-16)17(19)18-14-7-8-14/h2-6,9-11,14H,7-8H2,1H3,(H,18,19)/b15-11+. The molecule has 1 aliphatic carbocycles. The monoisotopic (exact) mass is 283 g/mol. The number of aryl methyl sites for hydroxylation is 1. The summed E-state index contributed by atoms with van der Waals surface area (Å²) >= 11 is 1.60. The van der Waals surface area contributed by atoms with Crippen molar-refractivity contribution in [1.82, 2.24) is 5.32 Å². The van der Waals surface area contributed by atoms with E-state index in [4.69, 9.17) is 0 Å². The average molecular weight is 283 g/mol. The summed E-state index contributed by atoms with van der Waals surface area (Å²) in [5.74, 6) is 0.0384. The van der Waals surface area contributed by atoms with E-state index in [2.05, 4.69) is 24.4 Å². The summed E-state index contributed by atoms with van der Waals surface area (Å²) in [6.07, 6.45) is 4.19. The Hall–Kier alpha value is -1.87. The van der Waals surface area contributed by atoms with Crippen molar-refractivity contribution in [3.05, 3.63) is 57.8 Å². The van der Waals surface area contributed by atoms with Gasteiger partial charge in [-0.3, -0.25) is 4.79 Å². The fourth-order valence-electron chi connectivity index (χ4n) is 2.10. The first-order chi connectivity index (χ1) is 9.72. The first-order valence-corrected chi connectivity index (χ1v) is 7.73. The van der Waals surface area contributed by atoms with Crippen LogP contribution in [0.1, 0.15) is 28.8 Å². The lowest BCUT2D eigenvalue weighted by atomic mass is 10.1. The molecule has 2 aromatic rings. The van der Waals surface area contributed by atoms with Gasteiger partial charge in [0.25, 0.3) is 5.91 Å². The molecule has 0 spiro atoms. The molecule has 0 radical (unpaired) electrons. The molecule has 1 fully saturated rings. The Balaban J connectivity index is 1.93. The first kappa shape index (κ1) is 13.1. The predicted octanol–water partition coefficient (Wildman–Crippen LogP) is 3.88. The highest BCUT2D eigenvalue weighted by atomic mass is 32.1. The van der Waals surface area contributed by atoms with Gasteiger partial charge in [-0.05, 0) is 42.9 Å². The number of benzene rings is 1. The highest BCUT2D eigenvalue weighted by molar-refractivity contribution is 7.11. The van der Waals surface area contributed by atoms with E-state index in [9.17, 15) is 4.79 Å². The summed E-state index contributed by atoms with van der Waals surface area (Å²) in [6.45, 7) is 2.06. The third-order valence-electron chi connectivity index (χ3n) is 3.30. The van der Waals surface area contributed by atoms with Crippen LogP contribution in [0.15, 0.2) is 41.8 Å². The van der Waals surface area contributed by atoms with Crippen molar-refractivity contribution in [1.29, 1.82) is 0 Å². The third-order valence-corrected chi connectivity index (χ3v) is 4.20. The lowest BCUT2D eigenvalue weighted by Gasteiger charge is -2.07. The predicted molar refractivity (Wildman–Crippen MR) is 84.5 cm³/mol. The zero-order valence-electron chi connectivity index (χ0n) is 11.4. The van der Waals surface area contributed by atoms with Gasteiger partial charge in [-0.2, -0.15) is 0 Å². The van der Waals surface area contributed by atoms with Gasteiger partial charge in [0.15, 0.2) is 0 Å². The highest BCUT2D eigenvalue weighted by Crippen LogP contribution is 2.26. The van der Waals surface area contributed by atoms with Gasteiger partial charge in [0.1, 0.15) is 0 Å². The normalized spacial score (nSPS) is 15.2. The molecule has 102 valence electrons. The van der Waals surface area contributed by atoms with E-state index >= 15 is 0 Å². The zero-order valence-corrected chi connectivity index (χ0v) is 12.2. The molecule has 1 amide bonds. The third kappa shape index (κ3) is 3.17. The molecule has 1 heterocycles. The van der Waals surface area contributed by atoms with E-state index in [1.807, 2.05) is 35.7 Å². The Kier molecular flexibility index (Phi) is 3.70. The number of carbonyl (C=O) groups is 1. The van der Waals surface area contributed by atoms with E-state index in [1.54, 1.807) is 11.3 Å². The second-order valence-electron chi connectivity index (χ2n) is 5.20. The highest BCUT2D eigenvalue weighted by Gasteiger charge is 2.25. The average Bonchev–Trinajstić information content (AvgIpc) is 3.06. The number of hydrogen-bond acceptors (Lipinski definition) is 2. The molecular weight excluding hydrogens is 266 g/mol. The van der Waals surface area contributed by atoms with Gasteiger partial charge in [0.05, 0.1) is 5.57 Å². The lowest BCUT2D eigenvalue weighted by Crippen LogP contribution is -2.26. The van der Waals surface area contributed by atoms with Crippen LogP contribution in [0.2, 0.25) is 0 Å². The van der Waals surface area contributed by atoms with Gasteiger partial charge < -0.3 is 5.32 Å². The molecule has 1 saturated carbocycles. The summed E-state index contributed by atoms with van der Waals surface area (Å²) < 4.78 is 0. The molecule has 0 bridgehead atoms. The van der Waals surface area contributed by atoms with Gasteiger partial charge in [-0.15, -0.1) is 11.3 Å². The van der Waals surface area contributed by atoms with Crippen molar-refractivity contribution in [3.8, 4) is 0 Å². The minimum Gasteiger partial charge on any atom is -0.349 e. The van der Waals surface area contributed by atoms with Crippen molar-refractivity contribution in [2.75, 3.05) is 0 Å². The summed E-state index contributed by atoms with van der Waals surface area (Å²) in [5, 5.41) is 5.08. The maximum atomic E-state index is 12.4. The van der Waals surface area contributed by atoms with E-state index in [0.29, 0.717) is 6.04 Å². The molecule has 20 heavy (non-hydrogen) atoms. The Labute approximate surface area is 123 Å². The van der Waals surface area contributed by atoms with Crippen LogP contribution < -0.4 is 5.32 Å². The fourth-order valence-corrected chi connectivity index (χ4v) is 2.84. The van der Waals surface area contributed by atoms with Gasteiger partial charge in [0.2, 0.25) is 0 Å². The Morgan fingerprint density at radius 2 is 2.15 bits per heavy atom. The zero-order chi connectivity index (χ0) is 13.9. The van der Waals surface area contributed by atoms with Gasteiger partial charge in [-0.25, -0.2) is 0 Å². The maximum absolute atomic E-state index is 12.4. The topological polar surface area (TPSA) is 29.1 Å². The lowest BCUT2D eigenvalue weighted by molar-refractivity contribution is -0.115. The van der Waals surface area contributed by atoms with E-state index < -0.39 is 0 Å². The molecule has 1 N–H and O–H groups in total. The number of hydrogen-bond donors (Lipinski definition) is 1. The van der Waals surface area contributed by atoms with E-state index in [0.717, 1.165) is 28.9 Å². The Bertz CT molecular complexity index is 639. The van der Waals surface area contributed by atoms with Crippen LogP contribution in [0.4, 0.5) is 0 Å². The Morgan fingerprint density at radius 1 is 1.30 bits per heavy atom. The molecule has 1 aromatic carbocycles. The number of rotatable bonds is 4. The molecule has 0 unspecified atom stereocenters. The summed E-state index contributed by atoms with van der Waals surface area (Å²) in [7, 11) is 0. The number of nitrogens with one attached hydrogen (secondary N) is 1. The molecule has 1 aliphatic rings. The van der Waals surface area contributed by atoms with Gasteiger partial charge in [0, 0.05) is 10.9 Å². The van der Waals surface area contributed by atoms with Crippen LogP contribution in [-0.4, -0.2) is 11.9 Å². The van der Waals surface area contributed by atoms with Crippen molar-refractivity contribution >= 4 is 28.9 Å². The largest absolute Gasteiger partial charge is 0.349 e. The fraction of sp³-hybridized carbons (Fsp3) is 0.235. The summed E-state index contributed by atoms with van der Waals surface area (Å²) in [5.41, 5.74) is 3.03. The van der Waals surface area contributed by atoms with Crippen LogP contribution in [0.5, 0.6) is 0 Å². The molecular formula is C17H17NOS. The smallest absolute Gasteiger partial charge is 0.252 e. The summed E-state index contributed by atoms with van der Waals surface area (Å²) in [4.78, 5) is 13.4. The van der Waals surface area contributed by atoms with Crippen LogP contribution in [-0.2, 0) is 4.79 Å². The first-order valence-electron chi connectivity index (χ1n) is 6.85. The van der Waals surface area contributed by atoms with Gasteiger partial charge >= 0.3 is 0 Å². The number of amides is 1. The van der Waals surface area contributed by atoms with E-state index in [1.165, 1.54) is 5.56 Å². The second-order valence-corrected chi connectivity index (χ2v) is 6.14.